The van der Waals surface area contributed by atoms with Crippen LogP contribution in [0.15, 0.2) is 48.5 Å². The highest BCUT2D eigenvalue weighted by Crippen LogP contribution is 2.38. The number of nitrogens with zero attached hydrogens (tertiary/aromatic N) is 1. The Morgan fingerprint density at radius 1 is 1.07 bits per heavy atom. The van der Waals surface area contributed by atoms with Gasteiger partial charge in [-0.05, 0) is 43.0 Å². The topological polar surface area (TPSA) is 69.6 Å². The normalized spacial score (nSPS) is 16.9. The quantitative estimate of drug-likeness (QED) is 0.717. The maximum absolute atomic E-state index is 13.2. The monoisotopic (exact) mass is 448 g/mol. The van der Waals surface area contributed by atoms with Gasteiger partial charge in [-0.25, -0.2) is 0 Å². The van der Waals surface area contributed by atoms with Gasteiger partial charge in [-0.15, -0.1) is 0 Å². The van der Waals surface area contributed by atoms with E-state index in [1.807, 2.05) is 19.9 Å². The fraction of sp³-hybridized carbons (Fsp3) is 0.391. The molecule has 30 heavy (non-hydrogen) atoms. The average molecular weight is 449 g/mol. The number of nitrogens with one attached hydrogen (secondary N) is 1. The molecule has 1 heterocycles. The number of benzene rings is 2. The Morgan fingerprint density at radius 2 is 1.70 bits per heavy atom. The molecule has 0 unspecified atom stereocenters. The van der Waals surface area contributed by atoms with E-state index >= 15 is 0 Å². The summed E-state index contributed by atoms with van der Waals surface area (Å²) in [4.78, 5) is 27.4. The lowest BCUT2D eigenvalue weighted by Gasteiger charge is -2.40. The molecule has 0 bridgehead atoms. The Morgan fingerprint density at radius 3 is 2.27 bits per heavy atom. The number of carbonyl (C=O) groups is 2. The minimum Gasteiger partial charge on any atom is -0.385 e. The molecule has 0 aromatic heterocycles. The van der Waals surface area contributed by atoms with Crippen molar-refractivity contribution < 1.29 is 14.7 Å². The molecule has 2 aromatic rings. The largest absolute Gasteiger partial charge is 0.385 e. The van der Waals surface area contributed by atoms with E-state index in [4.69, 9.17) is 23.2 Å². The third-order valence-electron chi connectivity index (χ3n) is 5.59. The van der Waals surface area contributed by atoms with Gasteiger partial charge in [-0.2, -0.15) is 0 Å². The van der Waals surface area contributed by atoms with Crippen molar-refractivity contribution in [3.05, 3.63) is 69.7 Å². The molecule has 1 atom stereocenters. The van der Waals surface area contributed by atoms with Crippen molar-refractivity contribution in [2.24, 2.45) is 5.92 Å². The molecule has 2 N–H and O–H groups in total. The molecule has 5 nitrogen and oxygen atoms in total. The zero-order valence-corrected chi connectivity index (χ0v) is 18.6. The Kier molecular flexibility index (Phi) is 7.06. The Balaban J connectivity index is 1.68. The van der Waals surface area contributed by atoms with Crippen LogP contribution in [0.1, 0.15) is 42.6 Å². The Hall–Kier alpha value is -2.08. The van der Waals surface area contributed by atoms with E-state index in [0.717, 1.165) is 0 Å². The van der Waals surface area contributed by atoms with Gasteiger partial charge in [0.25, 0.3) is 5.91 Å². The SMILES string of the molecule is CC(C)[C@H](NC(=O)c1ccccc1)C(=O)N1CCC(O)(c2ccc(Cl)cc2Cl)CC1. The highest BCUT2D eigenvalue weighted by atomic mass is 35.5. The Bertz CT molecular complexity index is 910. The van der Waals surface area contributed by atoms with E-state index in [2.05, 4.69) is 5.32 Å². The third-order valence-corrected chi connectivity index (χ3v) is 6.14. The van der Waals surface area contributed by atoms with Gasteiger partial charge in [0.1, 0.15) is 6.04 Å². The molecule has 0 radical (unpaired) electrons. The molecule has 3 rings (SSSR count). The molecule has 160 valence electrons. The molecule has 1 saturated heterocycles. The van der Waals surface area contributed by atoms with Crippen LogP contribution < -0.4 is 5.32 Å². The number of likely N-dealkylation sites (tertiary alicyclic amines) is 1. The van der Waals surface area contributed by atoms with Crippen LogP contribution in [0.4, 0.5) is 0 Å². The first-order valence-corrected chi connectivity index (χ1v) is 10.8. The molecular formula is C23H26Cl2N2O3. The molecule has 0 saturated carbocycles. The number of carbonyl (C=O) groups excluding carboxylic acids is 2. The first kappa shape index (κ1) is 22.6. The summed E-state index contributed by atoms with van der Waals surface area (Å²) >= 11 is 12.2. The van der Waals surface area contributed by atoms with E-state index in [1.54, 1.807) is 47.4 Å². The predicted octanol–water partition coefficient (Wildman–Crippen LogP) is 4.26. The fourth-order valence-corrected chi connectivity index (χ4v) is 4.34. The van der Waals surface area contributed by atoms with Crippen LogP contribution in [0.2, 0.25) is 10.0 Å². The molecule has 7 heteroatoms. The number of aliphatic hydroxyl groups is 1. The first-order chi connectivity index (χ1) is 14.2. The fourth-order valence-electron chi connectivity index (χ4n) is 3.76. The van der Waals surface area contributed by atoms with Crippen molar-refractivity contribution >= 4 is 35.0 Å². The molecule has 0 spiro atoms. The van der Waals surface area contributed by atoms with E-state index in [9.17, 15) is 14.7 Å². The predicted molar refractivity (Wildman–Crippen MR) is 119 cm³/mol. The van der Waals surface area contributed by atoms with Crippen LogP contribution in [-0.2, 0) is 10.4 Å². The lowest BCUT2D eigenvalue weighted by molar-refractivity contribution is -0.138. The summed E-state index contributed by atoms with van der Waals surface area (Å²) in [6.45, 7) is 4.56. The van der Waals surface area contributed by atoms with Crippen molar-refractivity contribution in [2.45, 2.75) is 38.3 Å². The lowest BCUT2D eigenvalue weighted by Crippen LogP contribution is -2.54. The van der Waals surface area contributed by atoms with Crippen LogP contribution in [0.25, 0.3) is 0 Å². The summed E-state index contributed by atoms with van der Waals surface area (Å²) < 4.78 is 0. The van der Waals surface area contributed by atoms with E-state index in [-0.39, 0.29) is 17.7 Å². The molecular weight excluding hydrogens is 423 g/mol. The third kappa shape index (κ3) is 4.97. The summed E-state index contributed by atoms with van der Waals surface area (Å²) in [5.74, 6) is -0.487. The Labute approximate surface area is 187 Å². The van der Waals surface area contributed by atoms with Gasteiger partial charge in [0.05, 0.1) is 5.60 Å². The minimum atomic E-state index is -1.11. The molecule has 1 fully saturated rings. The molecule has 2 amide bonds. The van der Waals surface area contributed by atoms with Crippen LogP contribution in [0.5, 0.6) is 0 Å². The maximum Gasteiger partial charge on any atom is 0.251 e. The van der Waals surface area contributed by atoms with Crippen LogP contribution in [-0.4, -0.2) is 41.0 Å². The van der Waals surface area contributed by atoms with Gasteiger partial charge >= 0.3 is 0 Å². The first-order valence-electron chi connectivity index (χ1n) is 10.0. The van der Waals surface area contributed by atoms with E-state index in [0.29, 0.717) is 47.1 Å². The lowest BCUT2D eigenvalue weighted by atomic mass is 9.84. The number of rotatable bonds is 5. The highest BCUT2D eigenvalue weighted by molar-refractivity contribution is 6.35. The van der Waals surface area contributed by atoms with Crippen LogP contribution >= 0.6 is 23.2 Å². The molecule has 1 aliphatic heterocycles. The van der Waals surface area contributed by atoms with Gasteiger partial charge in [-0.1, -0.05) is 61.3 Å². The van der Waals surface area contributed by atoms with Gasteiger partial charge in [-0.3, -0.25) is 9.59 Å². The number of piperidine rings is 1. The number of hydrogen-bond donors (Lipinski definition) is 2. The summed E-state index contributed by atoms with van der Waals surface area (Å²) in [6, 6.07) is 13.3. The van der Waals surface area contributed by atoms with Crippen molar-refractivity contribution in [1.82, 2.24) is 10.2 Å². The number of hydrogen-bond acceptors (Lipinski definition) is 3. The zero-order valence-electron chi connectivity index (χ0n) is 17.1. The van der Waals surface area contributed by atoms with Gasteiger partial charge in [0.15, 0.2) is 0 Å². The van der Waals surface area contributed by atoms with Crippen LogP contribution in [0, 0.1) is 5.92 Å². The highest BCUT2D eigenvalue weighted by Gasteiger charge is 2.39. The van der Waals surface area contributed by atoms with Crippen LogP contribution in [0.3, 0.4) is 0 Å². The van der Waals surface area contributed by atoms with E-state index < -0.39 is 11.6 Å². The van der Waals surface area contributed by atoms with Crippen molar-refractivity contribution in [2.75, 3.05) is 13.1 Å². The molecule has 0 aliphatic carbocycles. The standard InChI is InChI=1S/C23H26Cl2N2O3/c1-15(2)20(26-21(28)16-6-4-3-5-7-16)22(29)27-12-10-23(30,11-13-27)18-9-8-17(24)14-19(18)25/h3-9,14-15,20,30H,10-13H2,1-2H3,(H,26,28)/t20-/m0/s1. The summed E-state index contributed by atoms with van der Waals surface area (Å²) in [6.07, 6.45) is 0.717. The molecule has 1 aliphatic rings. The zero-order chi connectivity index (χ0) is 21.9. The minimum absolute atomic E-state index is 0.0725. The second kappa shape index (κ2) is 9.38. The summed E-state index contributed by atoms with van der Waals surface area (Å²) in [5, 5.41) is 14.9. The summed E-state index contributed by atoms with van der Waals surface area (Å²) in [5.41, 5.74) is 0.0267. The number of halogens is 2. The summed E-state index contributed by atoms with van der Waals surface area (Å²) in [7, 11) is 0. The smallest absolute Gasteiger partial charge is 0.251 e. The second-order valence-electron chi connectivity index (χ2n) is 8.04. The van der Waals surface area contributed by atoms with Gasteiger partial charge in [0, 0.05) is 34.3 Å². The van der Waals surface area contributed by atoms with Crippen molar-refractivity contribution in [3.63, 3.8) is 0 Å². The average Bonchev–Trinajstić information content (AvgIpc) is 2.72. The van der Waals surface area contributed by atoms with Crippen molar-refractivity contribution in [1.29, 1.82) is 0 Å². The van der Waals surface area contributed by atoms with Crippen molar-refractivity contribution in [3.8, 4) is 0 Å². The van der Waals surface area contributed by atoms with Gasteiger partial charge in [0.2, 0.25) is 5.91 Å². The van der Waals surface area contributed by atoms with E-state index in [1.165, 1.54) is 0 Å². The maximum atomic E-state index is 13.2. The van der Waals surface area contributed by atoms with Gasteiger partial charge < -0.3 is 15.3 Å². The molecule has 2 aromatic carbocycles. The second-order valence-corrected chi connectivity index (χ2v) is 8.89. The number of amides is 2.